The zero-order valence-electron chi connectivity index (χ0n) is 7.73. The molecular weight excluding hydrogens is 276 g/mol. The maximum absolute atomic E-state index is 4.05. The predicted octanol–water partition coefficient (Wildman–Crippen LogP) is 5.08. The Morgan fingerprint density at radius 3 is 2.54 bits per heavy atom. The van der Waals surface area contributed by atoms with E-state index in [1.54, 1.807) is 9.83 Å². The zero-order valence-corrected chi connectivity index (χ0v) is 12.7. The molecule has 0 unspecified atom stereocenters. The Bertz CT molecular complexity index is 79.1. The van der Waals surface area contributed by atoms with Gasteiger partial charge in [0.2, 0.25) is 0 Å². The highest BCUT2D eigenvalue weighted by Gasteiger charge is 1.92. The molecule has 0 bridgehead atoms. The van der Waals surface area contributed by atoms with Crippen LogP contribution in [0.5, 0.6) is 0 Å². The summed E-state index contributed by atoms with van der Waals surface area (Å²) in [6.45, 7) is 2.24. The molecule has 0 aliphatic heterocycles. The van der Waals surface area contributed by atoms with Crippen LogP contribution in [0.4, 0.5) is 0 Å². The fraction of sp³-hybridized carbons (Fsp3) is 1.00. The SMILES string of the molecule is CCCSCSCCCSSSS. The molecule has 0 aliphatic rings. The summed E-state index contributed by atoms with van der Waals surface area (Å²) in [5.41, 5.74) is 0. The minimum atomic E-state index is 1.25. The Labute approximate surface area is 107 Å². The fourth-order valence-corrected chi connectivity index (χ4v) is 6.05. The van der Waals surface area contributed by atoms with Crippen molar-refractivity contribution in [3.05, 3.63) is 0 Å². The lowest BCUT2D eigenvalue weighted by molar-refractivity contribution is 1.11. The molecule has 0 amide bonds. The van der Waals surface area contributed by atoms with E-state index >= 15 is 0 Å². The van der Waals surface area contributed by atoms with Crippen molar-refractivity contribution in [1.82, 2.24) is 0 Å². The highest BCUT2D eigenvalue weighted by Crippen LogP contribution is 2.37. The van der Waals surface area contributed by atoms with Crippen LogP contribution < -0.4 is 0 Å². The van der Waals surface area contributed by atoms with Crippen molar-refractivity contribution in [3.63, 3.8) is 0 Å². The molecule has 0 heterocycles. The van der Waals surface area contributed by atoms with Crippen molar-refractivity contribution in [2.24, 2.45) is 0 Å². The van der Waals surface area contributed by atoms with Gasteiger partial charge >= 0.3 is 0 Å². The molecule has 80 valence electrons. The van der Waals surface area contributed by atoms with E-state index in [1.165, 1.54) is 45.0 Å². The first kappa shape index (κ1) is 15.1. The van der Waals surface area contributed by atoms with Crippen LogP contribution in [0.3, 0.4) is 0 Å². The molecule has 13 heavy (non-hydrogen) atoms. The van der Waals surface area contributed by atoms with Gasteiger partial charge in [-0.25, -0.2) is 0 Å². The van der Waals surface area contributed by atoms with Gasteiger partial charge in [0.1, 0.15) is 0 Å². The van der Waals surface area contributed by atoms with Crippen molar-refractivity contribution in [2.75, 3.05) is 22.3 Å². The smallest absolute Gasteiger partial charge is 0.0392 e. The van der Waals surface area contributed by atoms with E-state index in [-0.39, 0.29) is 0 Å². The number of hydrogen-bond donors (Lipinski definition) is 1. The van der Waals surface area contributed by atoms with Crippen LogP contribution in [0.2, 0.25) is 0 Å². The molecule has 0 rings (SSSR count). The van der Waals surface area contributed by atoms with Gasteiger partial charge in [-0.15, -0.1) is 0 Å². The maximum atomic E-state index is 4.05. The third-order valence-electron chi connectivity index (χ3n) is 1.11. The number of hydrogen-bond acceptors (Lipinski definition) is 6. The van der Waals surface area contributed by atoms with Crippen LogP contribution in [0.15, 0.2) is 0 Å². The van der Waals surface area contributed by atoms with Gasteiger partial charge in [-0.3, -0.25) is 0 Å². The molecule has 0 N–H and O–H groups in total. The Morgan fingerprint density at radius 1 is 1.08 bits per heavy atom. The number of thioether (sulfide) groups is 2. The average molecular weight is 293 g/mol. The first-order chi connectivity index (χ1) is 6.41. The first-order valence-corrected chi connectivity index (χ1v) is 11.2. The second kappa shape index (κ2) is 14.1. The largest absolute Gasteiger partial charge is 0.151 e. The molecule has 0 aromatic heterocycles. The molecule has 0 saturated carbocycles. The van der Waals surface area contributed by atoms with Crippen LogP contribution in [-0.4, -0.2) is 22.3 Å². The van der Waals surface area contributed by atoms with Gasteiger partial charge in [0.05, 0.1) is 0 Å². The van der Waals surface area contributed by atoms with Crippen molar-refractivity contribution in [2.45, 2.75) is 19.8 Å². The lowest BCUT2D eigenvalue weighted by atomic mass is 10.6. The molecule has 0 aromatic carbocycles. The summed E-state index contributed by atoms with van der Waals surface area (Å²) in [6, 6.07) is 0. The Kier molecular flexibility index (Phi) is 16.4. The van der Waals surface area contributed by atoms with Crippen LogP contribution in [0.1, 0.15) is 19.8 Å². The van der Waals surface area contributed by atoms with Crippen LogP contribution in [0.25, 0.3) is 0 Å². The fourth-order valence-electron chi connectivity index (χ4n) is 0.597. The van der Waals surface area contributed by atoms with Crippen LogP contribution >= 0.6 is 65.6 Å². The summed E-state index contributed by atoms with van der Waals surface area (Å²) in [7, 11) is 5.21. The summed E-state index contributed by atoms with van der Waals surface area (Å²) in [6.07, 6.45) is 2.63. The summed E-state index contributed by atoms with van der Waals surface area (Å²) < 4.78 is 0. The van der Waals surface area contributed by atoms with Crippen molar-refractivity contribution in [3.8, 4) is 0 Å². The van der Waals surface area contributed by atoms with E-state index < -0.39 is 0 Å². The summed E-state index contributed by atoms with van der Waals surface area (Å²) >= 11 is 8.17. The van der Waals surface area contributed by atoms with E-state index in [4.69, 9.17) is 0 Å². The van der Waals surface area contributed by atoms with Crippen molar-refractivity contribution in [1.29, 1.82) is 0 Å². The normalized spacial score (nSPS) is 10.6. The molecule has 0 fully saturated rings. The highest BCUT2D eigenvalue weighted by atomic mass is 33.7. The third kappa shape index (κ3) is 14.1. The van der Waals surface area contributed by atoms with E-state index in [0.29, 0.717) is 0 Å². The van der Waals surface area contributed by atoms with E-state index in [1.807, 2.05) is 10.8 Å². The predicted molar refractivity (Wildman–Crippen MR) is 81.3 cm³/mol. The van der Waals surface area contributed by atoms with Crippen molar-refractivity contribution < 1.29 is 0 Å². The topological polar surface area (TPSA) is 0 Å². The lowest BCUT2D eigenvalue weighted by Gasteiger charge is -2.00. The molecule has 0 aromatic rings. The average Bonchev–Trinajstić information content (AvgIpc) is 2.16. The number of rotatable bonds is 10. The summed E-state index contributed by atoms with van der Waals surface area (Å²) in [5, 5.41) is 1.27. The van der Waals surface area contributed by atoms with Crippen molar-refractivity contribution >= 4 is 65.6 Å². The minimum absolute atomic E-state index is 1.25. The van der Waals surface area contributed by atoms with E-state index in [0.717, 1.165) is 0 Å². The van der Waals surface area contributed by atoms with E-state index in [2.05, 4.69) is 42.1 Å². The van der Waals surface area contributed by atoms with Crippen LogP contribution in [0, 0.1) is 0 Å². The molecule has 0 nitrogen and oxygen atoms in total. The third-order valence-corrected chi connectivity index (χ3v) is 8.36. The molecule has 0 spiro atoms. The van der Waals surface area contributed by atoms with Crippen LogP contribution in [-0.2, 0) is 0 Å². The van der Waals surface area contributed by atoms with Gasteiger partial charge in [0.25, 0.3) is 0 Å². The molecule has 0 atom stereocenters. The van der Waals surface area contributed by atoms with E-state index in [9.17, 15) is 0 Å². The molecule has 0 saturated heterocycles. The standard InChI is InChI=1S/C7H16S6/c1-2-4-9-7-10-5-3-6-11-13-12-8/h8H,2-7H2,1H3. The summed E-state index contributed by atoms with van der Waals surface area (Å²) in [4.78, 5) is 0. The van der Waals surface area contributed by atoms with Gasteiger partial charge in [0.15, 0.2) is 0 Å². The zero-order chi connectivity index (χ0) is 9.78. The summed E-state index contributed by atoms with van der Waals surface area (Å²) in [5.74, 6) is 3.87. The molecular formula is C7H16S6. The van der Waals surface area contributed by atoms with Gasteiger partial charge in [-0.05, 0) is 44.0 Å². The van der Waals surface area contributed by atoms with Gasteiger partial charge in [-0.2, -0.15) is 23.5 Å². The quantitative estimate of drug-likeness (QED) is 0.257. The maximum Gasteiger partial charge on any atom is 0.0392 e. The highest BCUT2D eigenvalue weighted by molar-refractivity contribution is 9.23. The second-order valence-corrected chi connectivity index (χ2v) is 9.89. The molecule has 0 aliphatic carbocycles. The Morgan fingerprint density at radius 2 is 1.85 bits per heavy atom. The molecule has 0 radical (unpaired) electrons. The molecule has 6 heteroatoms. The Balaban J connectivity index is 2.76. The Hall–Kier alpha value is 2.10. The number of thiol groups is 1. The second-order valence-electron chi connectivity index (χ2n) is 2.25. The van der Waals surface area contributed by atoms with Gasteiger partial charge < -0.3 is 0 Å². The minimum Gasteiger partial charge on any atom is -0.151 e. The lowest BCUT2D eigenvalue weighted by Crippen LogP contribution is -1.83. The monoisotopic (exact) mass is 292 g/mol. The van der Waals surface area contributed by atoms with Gasteiger partial charge in [0, 0.05) is 10.8 Å². The van der Waals surface area contributed by atoms with Gasteiger partial charge in [-0.1, -0.05) is 29.4 Å². The first-order valence-electron chi connectivity index (χ1n) is 4.17.